The molecule has 1 aliphatic rings. The van der Waals surface area contributed by atoms with E-state index in [0.29, 0.717) is 17.4 Å². The van der Waals surface area contributed by atoms with Crippen LogP contribution in [0.1, 0.15) is 36.5 Å². The van der Waals surface area contributed by atoms with Crippen molar-refractivity contribution in [2.45, 2.75) is 26.7 Å². The number of hydrogen-bond donors (Lipinski definition) is 2. The van der Waals surface area contributed by atoms with Crippen LogP contribution in [0.15, 0.2) is 12.1 Å². The Hall–Kier alpha value is 0.0300. The predicted octanol–water partition coefficient (Wildman–Crippen LogP) is 6.11. The molecule has 0 bridgehead atoms. The van der Waals surface area contributed by atoms with E-state index in [2.05, 4.69) is 81.6 Å². The van der Waals surface area contributed by atoms with Gasteiger partial charge in [0.25, 0.3) is 0 Å². The maximum absolute atomic E-state index is 10.3. The second-order valence-electron chi connectivity index (χ2n) is 6.01. The summed E-state index contributed by atoms with van der Waals surface area (Å²) in [5.74, 6) is 2.48. The molecule has 1 unspecified atom stereocenters. The lowest BCUT2D eigenvalue weighted by Gasteiger charge is -2.33. The highest BCUT2D eigenvalue weighted by Crippen LogP contribution is 2.54. The van der Waals surface area contributed by atoms with Crippen molar-refractivity contribution in [3.8, 4) is 23.0 Å². The fourth-order valence-electron chi connectivity index (χ4n) is 3.07. The molecule has 0 saturated heterocycles. The van der Waals surface area contributed by atoms with Gasteiger partial charge in [0.1, 0.15) is 23.0 Å². The summed E-state index contributed by atoms with van der Waals surface area (Å²) in [6, 6.07) is 4.02. The van der Waals surface area contributed by atoms with Crippen molar-refractivity contribution in [1.82, 2.24) is 0 Å². The molecule has 6 heteroatoms. The molecule has 0 amide bonds. The first-order valence-electron chi connectivity index (χ1n) is 7.14. The number of phenolic OH excluding ortho intramolecular Hbond substituents is 2. The van der Waals surface area contributed by atoms with Crippen LogP contribution in [0, 0.1) is 23.6 Å². The van der Waals surface area contributed by atoms with Crippen molar-refractivity contribution in [2.75, 3.05) is 0 Å². The molecule has 2 aromatic rings. The summed E-state index contributed by atoms with van der Waals surface area (Å²) in [5.41, 5.74) is 2.95. The summed E-state index contributed by atoms with van der Waals surface area (Å²) in [5, 5.41) is 20.5. The maximum atomic E-state index is 10.3. The van der Waals surface area contributed by atoms with Crippen LogP contribution in [0.25, 0.3) is 0 Å². The summed E-state index contributed by atoms with van der Waals surface area (Å²) in [6.07, 6.45) is 0. The van der Waals surface area contributed by atoms with Crippen LogP contribution < -0.4 is 4.74 Å². The summed E-state index contributed by atoms with van der Waals surface area (Å²) >= 11 is 6.44. The van der Waals surface area contributed by atoms with Gasteiger partial charge in [0, 0.05) is 22.6 Å². The molecule has 23 heavy (non-hydrogen) atoms. The standard InChI is InChI=1S/C17H15I3O3/c1-6(2)12-8-4-10(18)14(21)7(3)16(8)23-17-9(12)5-11(19)15(22)13(17)20/h4-6,12,21-22H,1-3H3. The van der Waals surface area contributed by atoms with Gasteiger partial charge in [-0.3, -0.25) is 0 Å². The van der Waals surface area contributed by atoms with Crippen LogP contribution in [-0.2, 0) is 0 Å². The molecule has 122 valence electrons. The first kappa shape index (κ1) is 17.8. The third kappa shape index (κ3) is 2.82. The Morgan fingerprint density at radius 2 is 1.48 bits per heavy atom. The van der Waals surface area contributed by atoms with Crippen molar-refractivity contribution in [3.05, 3.63) is 39.5 Å². The summed E-state index contributed by atoms with van der Waals surface area (Å²) in [4.78, 5) is 0. The third-order valence-electron chi connectivity index (χ3n) is 4.19. The molecule has 2 aromatic carbocycles. The molecule has 0 spiro atoms. The first-order chi connectivity index (χ1) is 10.7. The lowest BCUT2D eigenvalue weighted by atomic mass is 9.79. The number of benzene rings is 2. The zero-order chi connectivity index (χ0) is 17.0. The van der Waals surface area contributed by atoms with E-state index in [1.807, 2.05) is 19.1 Å². The normalized spacial score (nSPS) is 16.0. The van der Waals surface area contributed by atoms with Crippen molar-refractivity contribution in [3.63, 3.8) is 0 Å². The fourth-order valence-corrected chi connectivity index (χ4v) is 5.65. The quantitative estimate of drug-likeness (QED) is 0.367. The average Bonchev–Trinajstić information content (AvgIpc) is 2.49. The van der Waals surface area contributed by atoms with Gasteiger partial charge in [-0.25, -0.2) is 0 Å². The Balaban J connectivity index is 2.35. The highest BCUT2D eigenvalue weighted by atomic mass is 127. The number of fused-ring (bicyclic) bond motifs is 2. The van der Waals surface area contributed by atoms with E-state index in [0.717, 1.165) is 27.4 Å². The van der Waals surface area contributed by atoms with Crippen molar-refractivity contribution in [2.24, 2.45) is 5.92 Å². The van der Waals surface area contributed by atoms with E-state index < -0.39 is 0 Å². The summed E-state index contributed by atoms with van der Waals surface area (Å²) < 4.78 is 8.54. The monoisotopic (exact) mass is 648 g/mol. The molecule has 0 aromatic heterocycles. The Morgan fingerprint density at radius 1 is 0.957 bits per heavy atom. The molecule has 1 atom stereocenters. The number of halogens is 3. The summed E-state index contributed by atoms with van der Waals surface area (Å²) in [6.45, 7) is 6.24. The van der Waals surface area contributed by atoms with Crippen LogP contribution in [0.4, 0.5) is 0 Å². The number of aromatic hydroxyl groups is 2. The zero-order valence-electron chi connectivity index (χ0n) is 12.7. The van der Waals surface area contributed by atoms with Gasteiger partial charge in [0.15, 0.2) is 0 Å². The average molecular weight is 648 g/mol. The molecule has 3 rings (SSSR count). The number of rotatable bonds is 1. The van der Waals surface area contributed by atoms with Crippen molar-refractivity contribution >= 4 is 67.8 Å². The van der Waals surface area contributed by atoms with Gasteiger partial charge in [-0.1, -0.05) is 13.8 Å². The molecule has 0 fully saturated rings. The predicted molar refractivity (Wildman–Crippen MR) is 116 cm³/mol. The number of phenols is 2. The van der Waals surface area contributed by atoms with Crippen LogP contribution in [-0.4, -0.2) is 10.2 Å². The minimum Gasteiger partial charge on any atom is -0.506 e. The van der Waals surface area contributed by atoms with E-state index in [1.54, 1.807) is 0 Å². The Bertz CT molecular complexity index is 752. The van der Waals surface area contributed by atoms with Crippen LogP contribution in [0.5, 0.6) is 23.0 Å². The Morgan fingerprint density at radius 3 is 2.04 bits per heavy atom. The largest absolute Gasteiger partial charge is 0.506 e. The first-order valence-corrected chi connectivity index (χ1v) is 10.4. The lowest BCUT2D eigenvalue weighted by Crippen LogP contribution is -2.17. The minimum atomic E-state index is 0.171. The Kier molecular flexibility index (Phi) is 4.96. The molecule has 1 heterocycles. The van der Waals surface area contributed by atoms with E-state index in [4.69, 9.17) is 4.74 Å². The lowest BCUT2D eigenvalue weighted by molar-refractivity contribution is 0.395. The van der Waals surface area contributed by atoms with Crippen LogP contribution in [0.2, 0.25) is 0 Å². The molecular formula is C17H15I3O3. The molecule has 1 aliphatic heterocycles. The van der Waals surface area contributed by atoms with E-state index >= 15 is 0 Å². The molecule has 0 saturated carbocycles. The highest BCUT2D eigenvalue weighted by molar-refractivity contribution is 14.1. The molecule has 0 radical (unpaired) electrons. The second kappa shape index (κ2) is 6.40. The molecule has 0 aliphatic carbocycles. The van der Waals surface area contributed by atoms with Gasteiger partial charge in [0.2, 0.25) is 0 Å². The van der Waals surface area contributed by atoms with E-state index in [9.17, 15) is 10.2 Å². The van der Waals surface area contributed by atoms with Gasteiger partial charge in [0.05, 0.1) is 10.7 Å². The van der Waals surface area contributed by atoms with Crippen molar-refractivity contribution < 1.29 is 14.9 Å². The van der Waals surface area contributed by atoms with E-state index in [1.165, 1.54) is 0 Å². The zero-order valence-corrected chi connectivity index (χ0v) is 19.2. The number of hydrogen-bond acceptors (Lipinski definition) is 3. The van der Waals surface area contributed by atoms with Crippen LogP contribution in [0.3, 0.4) is 0 Å². The molecule has 3 nitrogen and oxygen atoms in total. The second-order valence-corrected chi connectivity index (χ2v) is 9.42. The van der Waals surface area contributed by atoms with Gasteiger partial charge in [-0.05, 0) is 92.7 Å². The van der Waals surface area contributed by atoms with Crippen molar-refractivity contribution in [1.29, 1.82) is 0 Å². The smallest absolute Gasteiger partial charge is 0.148 e. The Labute approximate surface area is 176 Å². The third-order valence-corrected chi connectivity index (χ3v) is 6.83. The number of ether oxygens (including phenoxy) is 1. The highest BCUT2D eigenvalue weighted by Gasteiger charge is 2.34. The van der Waals surface area contributed by atoms with Gasteiger partial charge < -0.3 is 14.9 Å². The SMILES string of the molecule is Cc1c(O)c(I)cc2c1Oc1c(cc(I)c(O)c1I)C2C(C)C. The van der Waals surface area contributed by atoms with Gasteiger partial charge in [-0.2, -0.15) is 0 Å². The summed E-state index contributed by atoms with van der Waals surface area (Å²) in [7, 11) is 0. The van der Waals surface area contributed by atoms with Gasteiger partial charge >= 0.3 is 0 Å². The molecule has 2 N–H and O–H groups in total. The van der Waals surface area contributed by atoms with Crippen LogP contribution >= 0.6 is 67.8 Å². The maximum Gasteiger partial charge on any atom is 0.148 e. The topological polar surface area (TPSA) is 49.7 Å². The van der Waals surface area contributed by atoms with Gasteiger partial charge in [-0.15, -0.1) is 0 Å². The van der Waals surface area contributed by atoms with E-state index in [-0.39, 0.29) is 17.4 Å². The minimum absolute atomic E-state index is 0.171. The fraction of sp³-hybridized carbons (Fsp3) is 0.294. The molecular weight excluding hydrogens is 633 g/mol.